The summed E-state index contributed by atoms with van der Waals surface area (Å²) in [7, 11) is 1.49. The number of nitrogens with one attached hydrogen (secondary N) is 2. The Bertz CT molecular complexity index is 764. The van der Waals surface area contributed by atoms with E-state index in [2.05, 4.69) is 31.4 Å². The molecule has 4 aliphatic carbocycles. The SMILES string of the molecule is COC(=O)CCC(C)C1CCC2C3C(O)CC4CC(NCCCNCCCCN)CCC4(C)C3CCC12C. The number of carbonyl (C=O) groups excluding carboxylic acids is 1. The Labute approximate surface area is 233 Å². The van der Waals surface area contributed by atoms with E-state index in [9.17, 15) is 9.90 Å². The molecule has 6 heteroatoms. The van der Waals surface area contributed by atoms with Crippen molar-refractivity contribution < 1.29 is 14.6 Å². The fraction of sp³-hybridized carbons (Fsp3) is 0.969. The highest BCUT2D eigenvalue weighted by molar-refractivity contribution is 5.69. The summed E-state index contributed by atoms with van der Waals surface area (Å²) < 4.78 is 4.91. The van der Waals surface area contributed by atoms with Gasteiger partial charge in [0.1, 0.15) is 0 Å². The van der Waals surface area contributed by atoms with Crippen LogP contribution in [0, 0.1) is 46.3 Å². The highest BCUT2D eigenvalue weighted by atomic mass is 16.5. The van der Waals surface area contributed by atoms with Gasteiger partial charge < -0.3 is 26.2 Å². The number of carbonyl (C=O) groups is 1. The average Bonchev–Trinajstić information content (AvgIpc) is 3.26. The van der Waals surface area contributed by atoms with Crippen LogP contribution in [0.3, 0.4) is 0 Å². The highest BCUT2D eigenvalue weighted by Gasteiger charge is 2.62. The number of esters is 1. The molecule has 4 saturated carbocycles. The molecule has 5 N–H and O–H groups in total. The van der Waals surface area contributed by atoms with Crippen LogP contribution in [0.4, 0.5) is 0 Å². The van der Waals surface area contributed by atoms with Crippen LogP contribution < -0.4 is 16.4 Å². The van der Waals surface area contributed by atoms with Crippen LogP contribution in [0.1, 0.15) is 104 Å². The van der Waals surface area contributed by atoms with Crippen LogP contribution in [0.5, 0.6) is 0 Å². The number of aliphatic hydroxyl groups excluding tert-OH is 1. The summed E-state index contributed by atoms with van der Waals surface area (Å²) >= 11 is 0. The molecule has 38 heavy (non-hydrogen) atoms. The molecule has 0 saturated heterocycles. The quantitative estimate of drug-likeness (QED) is 0.199. The average molecular weight is 534 g/mol. The lowest BCUT2D eigenvalue weighted by molar-refractivity contribution is -0.167. The fourth-order valence-corrected chi connectivity index (χ4v) is 10.1. The normalized spacial score (nSPS) is 41.2. The van der Waals surface area contributed by atoms with Gasteiger partial charge in [0.2, 0.25) is 0 Å². The smallest absolute Gasteiger partial charge is 0.305 e. The summed E-state index contributed by atoms with van der Waals surface area (Å²) in [6.45, 7) is 11.5. The number of ether oxygens (including phenoxy) is 1. The van der Waals surface area contributed by atoms with E-state index in [1.165, 1.54) is 64.9 Å². The molecule has 0 bridgehead atoms. The fourth-order valence-electron chi connectivity index (χ4n) is 10.1. The predicted octanol–water partition coefficient (Wildman–Crippen LogP) is 4.88. The van der Waals surface area contributed by atoms with Gasteiger partial charge in [-0.15, -0.1) is 0 Å². The van der Waals surface area contributed by atoms with Gasteiger partial charge >= 0.3 is 5.97 Å². The minimum atomic E-state index is -0.150. The summed E-state index contributed by atoms with van der Waals surface area (Å²) in [6, 6.07) is 0.606. The van der Waals surface area contributed by atoms with Gasteiger partial charge in [-0.05, 0) is 150 Å². The van der Waals surface area contributed by atoms with E-state index in [4.69, 9.17) is 10.5 Å². The van der Waals surface area contributed by atoms with E-state index in [1.54, 1.807) is 0 Å². The number of fused-ring (bicyclic) bond motifs is 5. The molecule has 0 spiro atoms. The van der Waals surface area contributed by atoms with E-state index in [1.807, 2.05) is 0 Å². The van der Waals surface area contributed by atoms with E-state index >= 15 is 0 Å². The maximum Gasteiger partial charge on any atom is 0.305 e. The first kappa shape index (κ1) is 30.3. The summed E-state index contributed by atoms with van der Waals surface area (Å²) in [6.07, 6.45) is 14.7. The van der Waals surface area contributed by atoms with Crippen LogP contribution >= 0.6 is 0 Å². The van der Waals surface area contributed by atoms with Gasteiger partial charge in [0.15, 0.2) is 0 Å². The van der Waals surface area contributed by atoms with Crippen molar-refractivity contribution in [3.63, 3.8) is 0 Å². The third-order valence-corrected chi connectivity index (χ3v) is 12.2. The maximum absolute atomic E-state index is 11.8. The first-order valence-electron chi connectivity index (χ1n) is 16.1. The molecule has 10 atom stereocenters. The van der Waals surface area contributed by atoms with Gasteiger partial charge in [-0.3, -0.25) is 4.79 Å². The van der Waals surface area contributed by atoms with Crippen LogP contribution in [0.2, 0.25) is 0 Å². The van der Waals surface area contributed by atoms with Crippen LogP contribution in [0.25, 0.3) is 0 Å². The number of unbranched alkanes of at least 4 members (excludes halogenated alkanes) is 1. The number of rotatable bonds is 13. The van der Waals surface area contributed by atoms with Gasteiger partial charge in [-0.25, -0.2) is 0 Å². The standard InChI is InChI=1S/C32H59N3O3/c1-22(8-11-29(37)38-4)25-9-10-26-30-27(13-15-32(25,26)3)31(2)14-12-24(20-23(31)21-28(30)36)35-19-7-18-34-17-6-5-16-33/h22-28,30,34-36H,5-21,33H2,1-4H3. The summed E-state index contributed by atoms with van der Waals surface area (Å²) in [4.78, 5) is 11.8. The molecule has 0 heterocycles. The largest absolute Gasteiger partial charge is 0.469 e. The number of nitrogens with two attached hydrogens (primary N) is 1. The number of aliphatic hydroxyl groups is 1. The highest BCUT2D eigenvalue weighted by Crippen LogP contribution is 2.68. The maximum atomic E-state index is 11.8. The van der Waals surface area contributed by atoms with Crippen LogP contribution in [0.15, 0.2) is 0 Å². The topological polar surface area (TPSA) is 96.6 Å². The molecule has 4 fully saturated rings. The van der Waals surface area contributed by atoms with E-state index < -0.39 is 0 Å². The Kier molecular flexibility index (Phi) is 10.6. The summed E-state index contributed by atoms with van der Waals surface area (Å²) in [5.41, 5.74) is 6.26. The zero-order valence-electron chi connectivity index (χ0n) is 25.0. The van der Waals surface area contributed by atoms with Crippen molar-refractivity contribution in [1.82, 2.24) is 10.6 Å². The van der Waals surface area contributed by atoms with Gasteiger partial charge in [-0.1, -0.05) is 20.8 Å². The molecule has 0 radical (unpaired) electrons. The Morgan fingerprint density at radius 1 is 1.00 bits per heavy atom. The lowest BCUT2D eigenvalue weighted by Crippen LogP contribution is -2.59. The minimum Gasteiger partial charge on any atom is -0.469 e. The van der Waals surface area contributed by atoms with E-state index in [0.717, 1.165) is 45.4 Å². The predicted molar refractivity (Wildman–Crippen MR) is 155 cm³/mol. The molecule has 0 aliphatic heterocycles. The molecule has 4 rings (SSSR count). The van der Waals surface area contributed by atoms with Crippen LogP contribution in [-0.2, 0) is 9.53 Å². The Hall–Kier alpha value is -0.690. The first-order valence-corrected chi connectivity index (χ1v) is 16.1. The molecule has 220 valence electrons. The van der Waals surface area contributed by atoms with Gasteiger partial charge in [0, 0.05) is 12.5 Å². The number of hydrogen-bond donors (Lipinski definition) is 4. The second-order valence-electron chi connectivity index (χ2n) is 14.1. The molecule has 0 aromatic heterocycles. The van der Waals surface area contributed by atoms with Crippen molar-refractivity contribution in [3.8, 4) is 0 Å². The first-order chi connectivity index (χ1) is 18.2. The van der Waals surface area contributed by atoms with Gasteiger partial charge in [-0.2, -0.15) is 0 Å². The molecular weight excluding hydrogens is 474 g/mol. The van der Waals surface area contributed by atoms with Crippen molar-refractivity contribution in [2.45, 2.75) is 116 Å². The monoisotopic (exact) mass is 533 g/mol. The lowest BCUT2D eigenvalue weighted by Gasteiger charge is -2.62. The van der Waals surface area contributed by atoms with Crippen molar-refractivity contribution in [1.29, 1.82) is 0 Å². The third-order valence-electron chi connectivity index (χ3n) is 12.2. The lowest BCUT2D eigenvalue weighted by atomic mass is 9.43. The second kappa shape index (κ2) is 13.3. The van der Waals surface area contributed by atoms with E-state index in [0.29, 0.717) is 58.8 Å². The summed E-state index contributed by atoms with van der Waals surface area (Å²) in [5, 5.41) is 19.1. The molecule has 4 aliphatic rings. The number of methoxy groups -OCH3 is 1. The molecule has 0 amide bonds. The number of hydrogen-bond acceptors (Lipinski definition) is 6. The molecule has 0 aromatic carbocycles. The van der Waals surface area contributed by atoms with Gasteiger partial charge in [0.25, 0.3) is 0 Å². The molecule has 6 nitrogen and oxygen atoms in total. The van der Waals surface area contributed by atoms with Gasteiger partial charge in [0.05, 0.1) is 13.2 Å². The molecular formula is C32H59N3O3. The Morgan fingerprint density at radius 3 is 2.50 bits per heavy atom. The van der Waals surface area contributed by atoms with Crippen molar-refractivity contribution >= 4 is 5.97 Å². The molecule has 0 aromatic rings. The van der Waals surface area contributed by atoms with Crippen LogP contribution in [-0.4, -0.2) is 56.5 Å². The zero-order chi connectivity index (χ0) is 27.3. The minimum absolute atomic E-state index is 0.0815. The Morgan fingerprint density at radius 2 is 1.74 bits per heavy atom. The molecule has 10 unspecified atom stereocenters. The van der Waals surface area contributed by atoms with E-state index in [-0.39, 0.29) is 12.1 Å². The zero-order valence-corrected chi connectivity index (χ0v) is 25.0. The third kappa shape index (κ3) is 6.29. The Balaban J connectivity index is 1.31. The van der Waals surface area contributed by atoms with Crippen molar-refractivity contribution in [2.24, 2.45) is 52.1 Å². The van der Waals surface area contributed by atoms with Crippen molar-refractivity contribution in [2.75, 3.05) is 33.3 Å². The van der Waals surface area contributed by atoms with Crippen molar-refractivity contribution in [3.05, 3.63) is 0 Å². The summed E-state index contributed by atoms with van der Waals surface area (Å²) in [5.74, 6) is 3.51. The second-order valence-corrected chi connectivity index (χ2v) is 14.1.